The molecule has 0 unspecified atom stereocenters. The molecule has 0 bridgehead atoms. The second-order valence-corrected chi connectivity index (χ2v) is 5.88. The Bertz CT molecular complexity index is 840. The summed E-state index contributed by atoms with van der Waals surface area (Å²) >= 11 is 0. The molecule has 0 fully saturated rings. The van der Waals surface area contributed by atoms with Crippen LogP contribution in [0.3, 0.4) is 0 Å². The van der Waals surface area contributed by atoms with Gasteiger partial charge in [-0.05, 0) is 42.7 Å². The van der Waals surface area contributed by atoms with Gasteiger partial charge >= 0.3 is 5.97 Å². The minimum Gasteiger partial charge on any atom is -0.506 e. The number of fused-ring (bicyclic) bond motifs is 1. The van der Waals surface area contributed by atoms with Crippen LogP contribution >= 0.6 is 0 Å². The summed E-state index contributed by atoms with van der Waals surface area (Å²) in [6, 6.07) is 12.7. The Kier molecular flexibility index (Phi) is 5.28. The summed E-state index contributed by atoms with van der Waals surface area (Å²) in [5.74, 6) is -0.111. The molecule has 1 N–H and O–H groups in total. The lowest BCUT2D eigenvalue weighted by atomic mass is 10.1. The first-order valence-corrected chi connectivity index (χ1v) is 8.47. The minimum absolute atomic E-state index is 0.0922. The van der Waals surface area contributed by atoms with Crippen LogP contribution in [0.1, 0.15) is 31.7 Å². The Morgan fingerprint density at radius 2 is 1.88 bits per heavy atom. The number of esters is 1. The third-order valence-corrected chi connectivity index (χ3v) is 3.92. The average molecular weight is 339 g/mol. The van der Waals surface area contributed by atoms with Gasteiger partial charge in [-0.2, -0.15) is 0 Å². The molecule has 6 heteroatoms. The number of hydrogen-bond donors (Lipinski definition) is 1. The molecule has 1 heterocycles. The van der Waals surface area contributed by atoms with Crippen molar-refractivity contribution in [3.8, 4) is 11.4 Å². The van der Waals surface area contributed by atoms with Gasteiger partial charge in [0.2, 0.25) is 0 Å². The molecule has 25 heavy (non-hydrogen) atoms. The van der Waals surface area contributed by atoms with Gasteiger partial charge in [0, 0.05) is 6.42 Å². The lowest BCUT2D eigenvalue weighted by Crippen LogP contribution is -2.07. The first-order chi connectivity index (χ1) is 12.2. The zero-order chi connectivity index (χ0) is 17.6. The van der Waals surface area contributed by atoms with E-state index in [1.807, 2.05) is 24.3 Å². The average Bonchev–Trinajstić information content (AvgIpc) is 3.05. The predicted molar refractivity (Wildman–Crippen MR) is 94.7 cm³/mol. The zero-order valence-electron chi connectivity index (χ0n) is 14.2. The summed E-state index contributed by atoms with van der Waals surface area (Å²) in [5, 5.41) is 18.9. The molecule has 3 rings (SSSR count). The maximum absolute atomic E-state index is 11.7. The van der Waals surface area contributed by atoms with Crippen LogP contribution in [0.15, 0.2) is 42.5 Å². The summed E-state index contributed by atoms with van der Waals surface area (Å²) in [5.41, 5.74) is 2.92. The molecule has 0 radical (unpaired) electrons. The van der Waals surface area contributed by atoms with E-state index in [2.05, 4.69) is 17.1 Å². The highest BCUT2D eigenvalue weighted by Crippen LogP contribution is 2.23. The molecule has 0 aliphatic carbocycles. The highest BCUT2D eigenvalue weighted by molar-refractivity contribution is 5.73. The van der Waals surface area contributed by atoms with Crippen LogP contribution < -0.4 is 0 Å². The topological polar surface area (TPSA) is 77.2 Å². The van der Waals surface area contributed by atoms with Gasteiger partial charge in [-0.25, -0.2) is 0 Å². The van der Waals surface area contributed by atoms with Crippen LogP contribution in [0, 0.1) is 0 Å². The number of benzene rings is 2. The number of aromatic nitrogens is 3. The number of aryl methyl sites for hydroxylation is 1. The minimum atomic E-state index is -0.203. The quantitative estimate of drug-likeness (QED) is 0.527. The molecule has 2 aromatic carbocycles. The number of aromatic hydroxyl groups is 1. The molecular formula is C19H21N3O3. The van der Waals surface area contributed by atoms with E-state index in [0.29, 0.717) is 25.1 Å². The number of phenols is 1. The van der Waals surface area contributed by atoms with Crippen molar-refractivity contribution < 1.29 is 14.6 Å². The van der Waals surface area contributed by atoms with Crippen molar-refractivity contribution in [3.05, 3.63) is 48.0 Å². The zero-order valence-corrected chi connectivity index (χ0v) is 14.2. The number of phenolic OH excluding ortho intramolecular Hbond substituents is 1. The van der Waals surface area contributed by atoms with E-state index < -0.39 is 0 Å². The van der Waals surface area contributed by atoms with Gasteiger partial charge in [-0.1, -0.05) is 31.5 Å². The van der Waals surface area contributed by atoms with E-state index in [4.69, 9.17) is 4.74 Å². The molecule has 0 saturated heterocycles. The van der Waals surface area contributed by atoms with Crippen molar-refractivity contribution in [1.29, 1.82) is 0 Å². The number of hydrogen-bond acceptors (Lipinski definition) is 5. The van der Waals surface area contributed by atoms with Crippen LogP contribution in [-0.4, -0.2) is 32.7 Å². The molecule has 0 aliphatic rings. The first-order valence-electron chi connectivity index (χ1n) is 8.47. The van der Waals surface area contributed by atoms with Crippen molar-refractivity contribution in [2.24, 2.45) is 0 Å². The normalized spacial score (nSPS) is 10.9. The monoisotopic (exact) mass is 339 g/mol. The first kappa shape index (κ1) is 17.0. The fourth-order valence-electron chi connectivity index (χ4n) is 2.50. The molecule has 130 valence electrons. The highest BCUT2D eigenvalue weighted by atomic mass is 16.5. The number of carbonyl (C=O) groups is 1. The molecule has 0 aliphatic heterocycles. The van der Waals surface area contributed by atoms with E-state index in [-0.39, 0.29) is 11.7 Å². The van der Waals surface area contributed by atoms with Gasteiger partial charge in [0.15, 0.2) is 0 Å². The summed E-state index contributed by atoms with van der Waals surface area (Å²) in [6.07, 6.45) is 2.73. The van der Waals surface area contributed by atoms with E-state index >= 15 is 0 Å². The number of carbonyl (C=O) groups excluding carboxylic acids is 1. The van der Waals surface area contributed by atoms with Crippen LogP contribution in [0.5, 0.6) is 5.75 Å². The summed E-state index contributed by atoms with van der Waals surface area (Å²) < 4.78 is 5.16. The summed E-state index contributed by atoms with van der Waals surface area (Å²) in [6.45, 7) is 2.53. The third-order valence-electron chi connectivity index (χ3n) is 3.92. The Labute approximate surface area is 146 Å². The highest BCUT2D eigenvalue weighted by Gasteiger charge is 2.11. The van der Waals surface area contributed by atoms with Crippen molar-refractivity contribution in [2.45, 2.75) is 32.6 Å². The van der Waals surface area contributed by atoms with Gasteiger partial charge in [0.05, 0.1) is 6.61 Å². The number of ether oxygens (including phenoxy) is 1. The second-order valence-electron chi connectivity index (χ2n) is 5.88. The Morgan fingerprint density at radius 3 is 2.56 bits per heavy atom. The van der Waals surface area contributed by atoms with Gasteiger partial charge < -0.3 is 9.84 Å². The number of nitrogens with zero attached hydrogens (tertiary/aromatic N) is 3. The molecular weight excluding hydrogens is 318 g/mol. The smallest absolute Gasteiger partial charge is 0.306 e. The molecule has 3 aromatic rings. The van der Waals surface area contributed by atoms with E-state index in [1.54, 1.807) is 18.2 Å². The third kappa shape index (κ3) is 4.15. The number of unbranched alkanes of at least 4 members (excludes halogenated alkanes) is 1. The van der Waals surface area contributed by atoms with Gasteiger partial charge in [0.25, 0.3) is 0 Å². The predicted octanol–water partition coefficient (Wildman–Crippen LogP) is 3.40. The molecule has 1 aromatic heterocycles. The fourth-order valence-corrected chi connectivity index (χ4v) is 2.50. The Morgan fingerprint density at radius 1 is 1.16 bits per heavy atom. The van der Waals surface area contributed by atoms with Gasteiger partial charge in [0.1, 0.15) is 22.5 Å². The summed E-state index contributed by atoms with van der Waals surface area (Å²) in [7, 11) is 0. The second kappa shape index (κ2) is 7.79. The molecule has 0 saturated carbocycles. The molecule has 6 nitrogen and oxygen atoms in total. The van der Waals surface area contributed by atoms with E-state index in [9.17, 15) is 9.90 Å². The molecule has 0 atom stereocenters. The largest absolute Gasteiger partial charge is 0.506 e. The summed E-state index contributed by atoms with van der Waals surface area (Å²) in [4.78, 5) is 13.1. The Balaban J connectivity index is 1.73. The molecule has 0 spiro atoms. The van der Waals surface area contributed by atoms with Crippen LogP contribution in [0.2, 0.25) is 0 Å². The SMILES string of the molecule is CCCCOC(=O)CCc1ccc(O)c(-n2nc3ccccc3n2)c1. The number of rotatable bonds is 7. The van der Waals surface area contributed by atoms with Gasteiger partial charge in [-0.15, -0.1) is 15.0 Å². The standard InChI is InChI=1S/C19H21N3O3/c1-2-3-12-25-19(24)11-9-14-8-10-18(23)17(13-14)22-20-15-6-4-5-7-16(15)21-22/h4-8,10,13,23H,2-3,9,11-12H2,1H3. The van der Waals surface area contributed by atoms with Crippen molar-refractivity contribution >= 4 is 17.0 Å². The van der Waals surface area contributed by atoms with Crippen molar-refractivity contribution in [2.75, 3.05) is 6.61 Å². The lowest BCUT2D eigenvalue weighted by molar-refractivity contribution is -0.143. The Hall–Kier alpha value is -2.89. The maximum Gasteiger partial charge on any atom is 0.306 e. The molecule has 0 amide bonds. The van der Waals surface area contributed by atoms with E-state index in [0.717, 1.165) is 29.4 Å². The fraction of sp³-hybridized carbons (Fsp3) is 0.316. The van der Waals surface area contributed by atoms with Crippen LogP contribution in [0.4, 0.5) is 0 Å². The van der Waals surface area contributed by atoms with Gasteiger partial charge in [-0.3, -0.25) is 4.79 Å². The van der Waals surface area contributed by atoms with Crippen LogP contribution in [-0.2, 0) is 16.0 Å². The van der Waals surface area contributed by atoms with Crippen LogP contribution in [0.25, 0.3) is 16.7 Å². The maximum atomic E-state index is 11.7. The lowest BCUT2D eigenvalue weighted by Gasteiger charge is -2.07. The van der Waals surface area contributed by atoms with Crippen molar-refractivity contribution in [3.63, 3.8) is 0 Å². The van der Waals surface area contributed by atoms with Crippen molar-refractivity contribution in [1.82, 2.24) is 15.0 Å². The van der Waals surface area contributed by atoms with E-state index in [1.165, 1.54) is 4.80 Å².